The molecule has 1 rings (SSSR count). The van der Waals surface area contributed by atoms with Crippen LogP contribution in [0.15, 0.2) is 29.3 Å². The normalized spacial score (nSPS) is 11.7. The zero-order valence-corrected chi connectivity index (χ0v) is 12.1. The molecule has 0 aliphatic heterocycles. The van der Waals surface area contributed by atoms with Gasteiger partial charge in [-0.25, -0.2) is 0 Å². The molecule has 0 amide bonds. The van der Waals surface area contributed by atoms with Gasteiger partial charge in [-0.3, -0.25) is 4.99 Å². The Balaban J connectivity index is 2.24. The van der Waals surface area contributed by atoms with Crippen molar-refractivity contribution in [2.24, 2.45) is 4.99 Å². The molecule has 18 heavy (non-hydrogen) atoms. The van der Waals surface area contributed by atoms with Crippen LogP contribution < -0.4 is 10.6 Å². The lowest BCUT2D eigenvalue weighted by Gasteiger charge is -2.14. The van der Waals surface area contributed by atoms with Crippen LogP contribution in [-0.4, -0.2) is 25.6 Å². The molecule has 2 N–H and O–H groups in total. The number of nitrogens with zero attached hydrogens (tertiary/aromatic N) is 1. The summed E-state index contributed by atoms with van der Waals surface area (Å²) in [5, 5.41) is 7.34. The highest BCUT2D eigenvalue weighted by Crippen LogP contribution is 2.10. The summed E-state index contributed by atoms with van der Waals surface area (Å²) in [6, 6.07) is 8.41. The molecule has 1 aromatic rings. The van der Waals surface area contributed by atoms with Gasteiger partial charge in [-0.15, -0.1) is 0 Å². The van der Waals surface area contributed by atoms with E-state index in [-0.39, 0.29) is 0 Å². The van der Waals surface area contributed by atoms with Gasteiger partial charge >= 0.3 is 0 Å². The summed E-state index contributed by atoms with van der Waals surface area (Å²) in [7, 11) is 1.79. The van der Waals surface area contributed by atoms with Gasteiger partial charge in [-0.1, -0.05) is 23.7 Å². The molecule has 100 valence electrons. The third-order valence-electron chi connectivity index (χ3n) is 2.50. The molecular weight excluding hydrogens is 246 g/mol. The minimum Gasteiger partial charge on any atom is -0.356 e. The Hall–Kier alpha value is -1.22. The Morgan fingerprint density at radius 2 is 1.94 bits per heavy atom. The molecule has 3 nitrogen and oxygen atoms in total. The van der Waals surface area contributed by atoms with E-state index in [9.17, 15) is 0 Å². The molecule has 0 heterocycles. The minimum atomic E-state index is 0.396. The van der Waals surface area contributed by atoms with Gasteiger partial charge in [-0.2, -0.15) is 0 Å². The third-order valence-corrected chi connectivity index (χ3v) is 2.75. The number of benzene rings is 1. The topological polar surface area (TPSA) is 36.4 Å². The SMILES string of the molecule is CN=C(NCCCc1ccc(Cl)cc1)NC(C)C. The van der Waals surface area contributed by atoms with E-state index in [0.717, 1.165) is 30.4 Å². The maximum absolute atomic E-state index is 5.85. The van der Waals surface area contributed by atoms with Crippen molar-refractivity contribution in [3.63, 3.8) is 0 Å². The van der Waals surface area contributed by atoms with Crippen molar-refractivity contribution >= 4 is 17.6 Å². The fourth-order valence-electron chi connectivity index (χ4n) is 1.62. The summed E-state index contributed by atoms with van der Waals surface area (Å²) < 4.78 is 0. The molecule has 0 aromatic heterocycles. The van der Waals surface area contributed by atoms with Gasteiger partial charge in [0, 0.05) is 24.7 Å². The third kappa shape index (κ3) is 5.92. The van der Waals surface area contributed by atoms with Gasteiger partial charge in [0.2, 0.25) is 0 Å². The Labute approximate surface area is 115 Å². The van der Waals surface area contributed by atoms with Crippen molar-refractivity contribution in [2.45, 2.75) is 32.7 Å². The van der Waals surface area contributed by atoms with Gasteiger partial charge in [0.05, 0.1) is 0 Å². The average Bonchev–Trinajstić information content (AvgIpc) is 2.34. The fraction of sp³-hybridized carbons (Fsp3) is 0.500. The van der Waals surface area contributed by atoms with Crippen LogP contribution in [0.4, 0.5) is 0 Å². The Morgan fingerprint density at radius 3 is 2.50 bits per heavy atom. The zero-order chi connectivity index (χ0) is 13.4. The smallest absolute Gasteiger partial charge is 0.191 e. The molecule has 0 aliphatic carbocycles. The van der Waals surface area contributed by atoms with Crippen LogP contribution in [0, 0.1) is 0 Å². The Bertz CT molecular complexity index is 371. The van der Waals surface area contributed by atoms with Crippen molar-refractivity contribution in [3.8, 4) is 0 Å². The van der Waals surface area contributed by atoms with Crippen molar-refractivity contribution < 1.29 is 0 Å². The number of halogens is 1. The number of hydrogen-bond donors (Lipinski definition) is 2. The lowest BCUT2D eigenvalue weighted by molar-refractivity contribution is 0.685. The molecular formula is C14H22ClN3. The minimum absolute atomic E-state index is 0.396. The second-order valence-electron chi connectivity index (χ2n) is 4.53. The molecule has 0 fully saturated rings. The van der Waals surface area contributed by atoms with E-state index in [4.69, 9.17) is 11.6 Å². The number of guanidine groups is 1. The van der Waals surface area contributed by atoms with E-state index >= 15 is 0 Å². The van der Waals surface area contributed by atoms with Crippen molar-refractivity contribution in [1.29, 1.82) is 0 Å². The molecule has 0 saturated carbocycles. The first-order chi connectivity index (χ1) is 8.61. The molecule has 0 bridgehead atoms. The summed E-state index contributed by atoms with van der Waals surface area (Å²) in [5.41, 5.74) is 1.31. The van der Waals surface area contributed by atoms with Crippen molar-refractivity contribution in [2.75, 3.05) is 13.6 Å². The van der Waals surface area contributed by atoms with Crippen molar-refractivity contribution in [3.05, 3.63) is 34.9 Å². The van der Waals surface area contributed by atoms with Gasteiger partial charge in [0.15, 0.2) is 5.96 Å². The summed E-state index contributed by atoms with van der Waals surface area (Å²) in [6.45, 7) is 5.11. The van der Waals surface area contributed by atoms with Gasteiger partial charge in [0.1, 0.15) is 0 Å². The fourth-order valence-corrected chi connectivity index (χ4v) is 1.74. The van der Waals surface area contributed by atoms with Crippen molar-refractivity contribution in [1.82, 2.24) is 10.6 Å². The molecule has 4 heteroatoms. The summed E-state index contributed by atoms with van der Waals surface area (Å²) in [4.78, 5) is 4.16. The first-order valence-corrected chi connectivity index (χ1v) is 6.71. The first-order valence-electron chi connectivity index (χ1n) is 6.33. The highest BCUT2D eigenvalue weighted by molar-refractivity contribution is 6.30. The Kier molecular flexibility index (Phi) is 6.58. The molecule has 0 aliphatic rings. The van der Waals surface area contributed by atoms with Crippen LogP contribution in [-0.2, 0) is 6.42 Å². The zero-order valence-electron chi connectivity index (χ0n) is 11.3. The number of nitrogens with one attached hydrogen (secondary N) is 2. The molecule has 0 saturated heterocycles. The highest BCUT2D eigenvalue weighted by atomic mass is 35.5. The number of aryl methyl sites for hydroxylation is 1. The quantitative estimate of drug-likeness (QED) is 0.489. The van der Waals surface area contributed by atoms with Crippen LogP contribution in [0.25, 0.3) is 0 Å². The number of rotatable bonds is 5. The summed E-state index contributed by atoms with van der Waals surface area (Å²) in [6.07, 6.45) is 2.11. The van der Waals surface area contributed by atoms with Crippen LogP contribution >= 0.6 is 11.6 Å². The number of hydrogen-bond acceptors (Lipinski definition) is 1. The van der Waals surface area contributed by atoms with E-state index in [2.05, 4.69) is 41.6 Å². The second kappa shape index (κ2) is 7.98. The Morgan fingerprint density at radius 1 is 1.28 bits per heavy atom. The van der Waals surface area contributed by atoms with Crippen LogP contribution in [0.5, 0.6) is 0 Å². The van der Waals surface area contributed by atoms with Gasteiger partial charge < -0.3 is 10.6 Å². The predicted molar refractivity (Wildman–Crippen MR) is 79.4 cm³/mol. The molecule has 0 unspecified atom stereocenters. The molecule has 0 atom stereocenters. The van der Waals surface area contributed by atoms with E-state index in [1.807, 2.05) is 12.1 Å². The van der Waals surface area contributed by atoms with E-state index in [1.165, 1.54) is 5.56 Å². The average molecular weight is 268 g/mol. The largest absolute Gasteiger partial charge is 0.356 e. The number of aliphatic imine (C=N–C) groups is 1. The van der Waals surface area contributed by atoms with E-state index in [0.29, 0.717) is 6.04 Å². The first kappa shape index (κ1) is 14.8. The molecule has 0 spiro atoms. The van der Waals surface area contributed by atoms with E-state index in [1.54, 1.807) is 7.05 Å². The summed E-state index contributed by atoms with van der Waals surface area (Å²) >= 11 is 5.85. The molecule has 1 aromatic carbocycles. The van der Waals surface area contributed by atoms with Gasteiger partial charge in [0.25, 0.3) is 0 Å². The summed E-state index contributed by atoms with van der Waals surface area (Å²) in [5.74, 6) is 0.862. The predicted octanol–water partition coefficient (Wildman–Crippen LogP) is 2.85. The lowest BCUT2D eigenvalue weighted by Crippen LogP contribution is -2.41. The lowest BCUT2D eigenvalue weighted by atomic mass is 10.1. The second-order valence-corrected chi connectivity index (χ2v) is 4.96. The van der Waals surface area contributed by atoms with Crippen LogP contribution in [0.1, 0.15) is 25.8 Å². The van der Waals surface area contributed by atoms with E-state index < -0.39 is 0 Å². The maximum atomic E-state index is 5.85. The highest BCUT2D eigenvalue weighted by Gasteiger charge is 1.99. The van der Waals surface area contributed by atoms with Gasteiger partial charge in [-0.05, 0) is 44.4 Å². The van der Waals surface area contributed by atoms with Crippen LogP contribution in [0.2, 0.25) is 5.02 Å². The maximum Gasteiger partial charge on any atom is 0.191 e. The monoisotopic (exact) mass is 267 g/mol. The standard InChI is InChI=1S/C14H22ClN3/c1-11(2)18-14(16-3)17-10-4-5-12-6-8-13(15)9-7-12/h6-9,11H,4-5,10H2,1-3H3,(H2,16,17,18). The van der Waals surface area contributed by atoms with Crippen LogP contribution in [0.3, 0.4) is 0 Å². The molecule has 0 radical (unpaired) electrons.